The Labute approximate surface area is 210 Å². The van der Waals surface area contributed by atoms with Gasteiger partial charge in [0.25, 0.3) is 0 Å². The standard InChI is InChI=1S/C30H27NO5/c1-34-27(32)25-24-18-19-29(36-24,26(25)28(33)35-2)20-31-30(21-12-6-3-7-13-21,22-14-8-4-9-15-22)23-16-10-5-11-17-23/h3-19,24,31H,20H2,1-2H3. The molecule has 0 aliphatic carbocycles. The Bertz CT molecular complexity index is 1220. The fourth-order valence-electron chi connectivity index (χ4n) is 5.25. The van der Waals surface area contributed by atoms with Gasteiger partial charge < -0.3 is 14.2 Å². The summed E-state index contributed by atoms with van der Waals surface area (Å²) < 4.78 is 16.3. The largest absolute Gasteiger partial charge is 0.466 e. The van der Waals surface area contributed by atoms with Crippen LogP contribution in [0.4, 0.5) is 0 Å². The highest BCUT2D eigenvalue weighted by Crippen LogP contribution is 2.45. The van der Waals surface area contributed by atoms with Crippen molar-refractivity contribution in [2.45, 2.75) is 17.2 Å². The van der Waals surface area contributed by atoms with Gasteiger partial charge in [0.15, 0.2) is 0 Å². The van der Waals surface area contributed by atoms with Gasteiger partial charge in [-0.2, -0.15) is 0 Å². The number of nitrogens with one attached hydrogen (secondary N) is 1. The minimum absolute atomic E-state index is 0.167. The summed E-state index contributed by atoms with van der Waals surface area (Å²) in [6.07, 6.45) is 2.94. The van der Waals surface area contributed by atoms with E-state index in [1.165, 1.54) is 14.2 Å². The molecular formula is C30H27NO5. The SMILES string of the molecule is COC(=O)C1=C(C(=O)OC)C2(CNC(c3ccccc3)(c3ccccc3)c3ccccc3)C=CC1O2. The summed E-state index contributed by atoms with van der Waals surface area (Å²) >= 11 is 0. The quantitative estimate of drug-likeness (QED) is 0.299. The molecule has 3 aromatic carbocycles. The number of hydrogen-bond acceptors (Lipinski definition) is 6. The Kier molecular flexibility index (Phi) is 6.31. The molecule has 0 amide bonds. The van der Waals surface area contributed by atoms with Crippen LogP contribution in [0.15, 0.2) is 114 Å². The summed E-state index contributed by atoms with van der Waals surface area (Å²) in [4.78, 5) is 25.6. The van der Waals surface area contributed by atoms with Gasteiger partial charge in [-0.25, -0.2) is 9.59 Å². The predicted molar refractivity (Wildman–Crippen MR) is 135 cm³/mol. The maximum absolute atomic E-state index is 12.9. The number of benzene rings is 3. The molecule has 2 aliphatic heterocycles. The lowest BCUT2D eigenvalue weighted by Crippen LogP contribution is -2.52. The number of carbonyl (C=O) groups is 2. The average Bonchev–Trinajstić information content (AvgIpc) is 3.51. The maximum Gasteiger partial charge on any atom is 0.337 e. The lowest BCUT2D eigenvalue weighted by molar-refractivity contribution is -0.139. The van der Waals surface area contributed by atoms with Crippen molar-refractivity contribution in [2.24, 2.45) is 0 Å². The van der Waals surface area contributed by atoms with Gasteiger partial charge in [0, 0.05) is 6.54 Å². The number of fused-ring (bicyclic) bond motifs is 2. The van der Waals surface area contributed by atoms with E-state index in [1.807, 2.05) is 60.7 Å². The van der Waals surface area contributed by atoms with Crippen LogP contribution in [0.2, 0.25) is 0 Å². The van der Waals surface area contributed by atoms with Crippen LogP contribution in [0, 0.1) is 0 Å². The third-order valence-corrected chi connectivity index (χ3v) is 6.89. The van der Waals surface area contributed by atoms with Crippen LogP contribution in [0.25, 0.3) is 0 Å². The molecule has 0 fully saturated rings. The van der Waals surface area contributed by atoms with E-state index < -0.39 is 29.2 Å². The summed E-state index contributed by atoms with van der Waals surface area (Å²) in [7, 11) is 2.58. The van der Waals surface area contributed by atoms with E-state index in [0.29, 0.717) is 0 Å². The van der Waals surface area contributed by atoms with E-state index >= 15 is 0 Å². The zero-order valence-electron chi connectivity index (χ0n) is 20.1. The molecule has 0 radical (unpaired) electrons. The molecule has 6 heteroatoms. The van der Waals surface area contributed by atoms with E-state index in [9.17, 15) is 9.59 Å². The average molecular weight is 482 g/mol. The lowest BCUT2D eigenvalue weighted by Gasteiger charge is -2.40. The van der Waals surface area contributed by atoms with Crippen molar-refractivity contribution in [3.8, 4) is 0 Å². The van der Waals surface area contributed by atoms with Gasteiger partial charge in [0.1, 0.15) is 11.7 Å². The van der Waals surface area contributed by atoms with Crippen molar-refractivity contribution < 1.29 is 23.8 Å². The second kappa shape index (κ2) is 9.57. The van der Waals surface area contributed by atoms with E-state index in [-0.39, 0.29) is 17.7 Å². The first-order valence-electron chi connectivity index (χ1n) is 11.8. The molecule has 36 heavy (non-hydrogen) atoms. The second-order valence-corrected chi connectivity index (χ2v) is 8.76. The maximum atomic E-state index is 12.9. The first-order chi connectivity index (χ1) is 17.6. The molecule has 182 valence electrons. The van der Waals surface area contributed by atoms with Crippen LogP contribution in [0.1, 0.15) is 16.7 Å². The molecule has 3 aromatic rings. The van der Waals surface area contributed by atoms with Crippen molar-refractivity contribution in [2.75, 3.05) is 20.8 Å². The lowest BCUT2D eigenvalue weighted by atomic mass is 9.76. The van der Waals surface area contributed by atoms with E-state index in [0.717, 1.165) is 16.7 Å². The number of methoxy groups -OCH3 is 2. The summed E-state index contributed by atoms with van der Waals surface area (Å²) in [5.74, 6) is -1.22. The highest BCUT2D eigenvalue weighted by atomic mass is 16.6. The molecular weight excluding hydrogens is 454 g/mol. The molecule has 0 saturated carbocycles. The van der Waals surface area contributed by atoms with E-state index in [2.05, 4.69) is 41.7 Å². The molecule has 2 aliphatic rings. The predicted octanol–water partition coefficient (Wildman–Crippen LogP) is 3.92. The number of rotatable bonds is 8. The molecule has 1 N–H and O–H groups in total. The third-order valence-electron chi connectivity index (χ3n) is 6.89. The van der Waals surface area contributed by atoms with Gasteiger partial charge in [0.05, 0.1) is 30.9 Å². The first kappa shape index (κ1) is 23.7. The Morgan fingerprint density at radius 3 is 1.72 bits per heavy atom. The van der Waals surface area contributed by atoms with Crippen LogP contribution in [0.3, 0.4) is 0 Å². The summed E-state index contributed by atoms with van der Waals surface area (Å²) in [5.41, 5.74) is 1.44. The van der Waals surface area contributed by atoms with Crippen molar-refractivity contribution >= 4 is 11.9 Å². The van der Waals surface area contributed by atoms with Gasteiger partial charge in [-0.1, -0.05) is 97.1 Å². The highest BCUT2D eigenvalue weighted by Gasteiger charge is 2.55. The Balaban J connectivity index is 1.66. The van der Waals surface area contributed by atoms with E-state index in [4.69, 9.17) is 14.2 Å². The van der Waals surface area contributed by atoms with Crippen molar-refractivity contribution in [1.82, 2.24) is 5.32 Å². The monoisotopic (exact) mass is 481 g/mol. The van der Waals surface area contributed by atoms with Gasteiger partial charge in [-0.3, -0.25) is 5.32 Å². The molecule has 2 atom stereocenters. The Hall–Kier alpha value is -4.00. The molecule has 0 aromatic heterocycles. The van der Waals surface area contributed by atoms with Gasteiger partial charge in [0.2, 0.25) is 0 Å². The highest BCUT2D eigenvalue weighted by molar-refractivity contribution is 6.05. The van der Waals surface area contributed by atoms with E-state index in [1.54, 1.807) is 6.08 Å². The third kappa shape index (κ3) is 3.75. The van der Waals surface area contributed by atoms with Crippen LogP contribution < -0.4 is 5.32 Å². The first-order valence-corrected chi connectivity index (χ1v) is 11.8. The number of hydrogen-bond donors (Lipinski definition) is 1. The smallest absolute Gasteiger partial charge is 0.337 e. The topological polar surface area (TPSA) is 73.9 Å². The molecule has 2 bridgehead atoms. The Morgan fingerprint density at radius 1 is 0.806 bits per heavy atom. The van der Waals surface area contributed by atoms with Gasteiger partial charge in [-0.15, -0.1) is 0 Å². The van der Waals surface area contributed by atoms with Crippen LogP contribution in [-0.2, 0) is 29.3 Å². The molecule has 2 heterocycles. The fraction of sp³-hybridized carbons (Fsp3) is 0.200. The van der Waals surface area contributed by atoms with Crippen LogP contribution >= 0.6 is 0 Å². The summed E-state index contributed by atoms with van der Waals surface area (Å²) in [6, 6.07) is 30.4. The zero-order chi connectivity index (χ0) is 25.2. The molecule has 6 nitrogen and oxygen atoms in total. The van der Waals surface area contributed by atoms with Crippen LogP contribution in [-0.4, -0.2) is 44.4 Å². The molecule has 5 rings (SSSR count). The fourth-order valence-corrected chi connectivity index (χ4v) is 5.25. The normalized spacial score (nSPS) is 20.4. The minimum atomic E-state index is -1.19. The van der Waals surface area contributed by atoms with Gasteiger partial charge in [-0.05, 0) is 22.8 Å². The zero-order valence-corrected chi connectivity index (χ0v) is 20.1. The summed E-state index contributed by atoms with van der Waals surface area (Å²) in [6.45, 7) is 0.198. The molecule has 2 unspecified atom stereocenters. The van der Waals surface area contributed by atoms with Crippen molar-refractivity contribution in [3.05, 3.63) is 131 Å². The summed E-state index contributed by atoms with van der Waals surface area (Å²) in [5, 5.41) is 3.76. The van der Waals surface area contributed by atoms with Crippen LogP contribution in [0.5, 0.6) is 0 Å². The molecule has 0 spiro atoms. The number of carbonyl (C=O) groups excluding carboxylic acids is 2. The minimum Gasteiger partial charge on any atom is -0.466 e. The van der Waals surface area contributed by atoms with Gasteiger partial charge >= 0.3 is 11.9 Å². The number of esters is 2. The van der Waals surface area contributed by atoms with Crippen molar-refractivity contribution in [3.63, 3.8) is 0 Å². The number of ether oxygens (including phenoxy) is 3. The Morgan fingerprint density at radius 2 is 1.28 bits per heavy atom. The molecule has 0 saturated heterocycles. The second-order valence-electron chi connectivity index (χ2n) is 8.76. The van der Waals surface area contributed by atoms with Crippen molar-refractivity contribution in [1.29, 1.82) is 0 Å².